The molecule has 2 aliphatic rings. The van der Waals surface area contributed by atoms with Crippen molar-refractivity contribution in [3.05, 3.63) is 40.7 Å². The lowest BCUT2D eigenvalue weighted by Crippen LogP contribution is -2.03. The standard InChI is InChI=1S/C18H21N3OS/c22-16(15-9-8-12-6-3-7-14(12)10-15)11-23-18-19-17(20-21-18)13-4-1-2-5-13/h8-10,13H,1-7,11H2,(H,19,20,21). The van der Waals surface area contributed by atoms with Crippen molar-refractivity contribution in [2.75, 3.05) is 5.75 Å². The van der Waals surface area contributed by atoms with Crippen molar-refractivity contribution in [3.63, 3.8) is 0 Å². The Bertz CT molecular complexity index is 719. The number of fused-ring (bicyclic) bond motifs is 1. The van der Waals surface area contributed by atoms with E-state index in [-0.39, 0.29) is 5.78 Å². The molecule has 1 aromatic heterocycles. The molecule has 4 rings (SSSR count). The highest BCUT2D eigenvalue weighted by Crippen LogP contribution is 2.32. The van der Waals surface area contributed by atoms with Crippen LogP contribution in [0.25, 0.3) is 0 Å². The summed E-state index contributed by atoms with van der Waals surface area (Å²) < 4.78 is 0. The number of carbonyl (C=O) groups is 1. The second-order valence-corrected chi connectivity index (χ2v) is 7.48. The first kappa shape index (κ1) is 14.9. The summed E-state index contributed by atoms with van der Waals surface area (Å²) in [5.74, 6) is 2.09. The van der Waals surface area contributed by atoms with Crippen LogP contribution in [-0.4, -0.2) is 26.7 Å². The number of carbonyl (C=O) groups excluding carboxylic acids is 1. The predicted molar refractivity (Wildman–Crippen MR) is 91.1 cm³/mol. The number of aryl methyl sites for hydroxylation is 2. The number of nitrogens with zero attached hydrogens (tertiary/aromatic N) is 2. The quantitative estimate of drug-likeness (QED) is 0.668. The number of aromatic nitrogens is 3. The fraction of sp³-hybridized carbons (Fsp3) is 0.500. The average molecular weight is 327 g/mol. The summed E-state index contributed by atoms with van der Waals surface area (Å²) in [5, 5.41) is 8.01. The van der Waals surface area contributed by atoms with Crippen LogP contribution in [0.5, 0.6) is 0 Å². The van der Waals surface area contributed by atoms with Crippen LogP contribution in [0, 0.1) is 0 Å². The van der Waals surface area contributed by atoms with Crippen LogP contribution in [0.15, 0.2) is 23.4 Å². The number of benzene rings is 1. The van der Waals surface area contributed by atoms with E-state index in [2.05, 4.69) is 27.3 Å². The number of H-pyrrole nitrogens is 1. The minimum Gasteiger partial charge on any atom is -0.293 e. The first-order valence-electron chi connectivity index (χ1n) is 8.50. The van der Waals surface area contributed by atoms with Crippen molar-refractivity contribution in [2.24, 2.45) is 0 Å². The van der Waals surface area contributed by atoms with Gasteiger partial charge in [0.2, 0.25) is 5.16 Å². The number of hydrogen-bond donors (Lipinski definition) is 1. The molecular formula is C18H21N3OS. The van der Waals surface area contributed by atoms with E-state index in [9.17, 15) is 4.79 Å². The molecule has 120 valence electrons. The maximum atomic E-state index is 12.4. The molecule has 0 radical (unpaired) electrons. The van der Waals surface area contributed by atoms with Gasteiger partial charge in [0.15, 0.2) is 5.78 Å². The van der Waals surface area contributed by atoms with Gasteiger partial charge >= 0.3 is 0 Å². The number of aromatic amines is 1. The van der Waals surface area contributed by atoms with E-state index in [1.807, 2.05) is 6.07 Å². The zero-order valence-electron chi connectivity index (χ0n) is 13.2. The summed E-state index contributed by atoms with van der Waals surface area (Å²) >= 11 is 1.43. The Labute approximate surface area is 140 Å². The third-order valence-corrected chi connectivity index (χ3v) is 5.82. The highest BCUT2D eigenvalue weighted by Gasteiger charge is 2.21. The molecule has 2 aliphatic carbocycles. The molecule has 1 heterocycles. The Kier molecular flexibility index (Phi) is 4.21. The summed E-state index contributed by atoms with van der Waals surface area (Å²) in [7, 11) is 0. The number of rotatable bonds is 5. The van der Waals surface area contributed by atoms with E-state index in [0.717, 1.165) is 24.2 Å². The SMILES string of the molecule is O=C(CSc1n[nH]c(C2CCCC2)n1)c1ccc2c(c1)CCC2. The molecule has 0 spiro atoms. The van der Waals surface area contributed by atoms with Gasteiger partial charge in [0.05, 0.1) is 5.75 Å². The molecule has 1 N–H and O–H groups in total. The monoisotopic (exact) mass is 327 g/mol. The van der Waals surface area contributed by atoms with Gasteiger partial charge in [-0.05, 0) is 49.3 Å². The van der Waals surface area contributed by atoms with Crippen LogP contribution in [0.4, 0.5) is 0 Å². The summed E-state index contributed by atoms with van der Waals surface area (Å²) in [6, 6.07) is 6.16. The van der Waals surface area contributed by atoms with E-state index in [1.54, 1.807) is 0 Å². The second-order valence-electron chi connectivity index (χ2n) is 6.53. The Morgan fingerprint density at radius 3 is 2.87 bits per heavy atom. The minimum absolute atomic E-state index is 0.164. The average Bonchev–Trinajstić information content (AvgIpc) is 3.32. The number of ketones is 1. The maximum absolute atomic E-state index is 12.4. The first-order chi connectivity index (χ1) is 11.3. The fourth-order valence-electron chi connectivity index (χ4n) is 3.66. The molecule has 1 aromatic carbocycles. The molecule has 0 unspecified atom stereocenters. The fourth-order valence-corrected chi connectivity index (χ4v) is 4.36. The number of nitrogens with one attached hydrogen (secondary N) is 1. The summed E-state index contributed by atoms with van der Waals surface area (Å²) in [4.78, 5) is 17.0. The zero-order chi connectivity index (χ0) is 15.6. The molecule has 1 saturated carbocycles. The molecule has 0 aliphatic heterocycles. The van der Waals surface area contributed by atoms with Crippen LogP contribution in [0.1, 0.15) is 65.3 Å². The van der Waals surface area contributed by atoms with Crippen molar-refractivity contribution in [1.29, 1.82) is 0 Å². The number of Topliss-reactive ketones (excluding diaryl/α,β-unsaturated/α-hetero) is 1. The van der Waals surface area contributed by atoms with Gasteiger partial charge < -0.3 is 0 Å². The van der Waals surface area contributed by atoms with Crippen LogP contribution < -0.4 is 0 Å². The predicted octanol–water partition coefficient (Wildman–Crippen LogP) is 3.93. The molecule has 0 saturated heterocycles. The van der Waals surface area contributed by atoms with E-state index >= 15 is 0 Å². The van der Waals surface area contributed by atoms with Crippen LogP contribution in [0.3, 0.4) is 0 Å². The molecule has 0 atom stereocenters. The third kappa shape index (κ3) is 3.20. The largest absolute Gasteiger partial charge is 0.293 e. The van der Waals surface area contributed by atoms with Gasteiger partial charge in [0.1, 0.15) is 5.82 Å². The molecule has 1 fully saturated rings. The van der Waals surface area contributed by atoms with Crippen LogP contribution in [-0.2, 0) is 12.8 Å². The molecular weight excluding hydrogens is 306 g/mol. The minimum atomic E-state index is 0.164. The Morgan fingerprint density at radius 2 is 2.00 bits per heavy atom. The molecule has 2 aromatic rings. The summed E-state index contributed by atoms with van der Waals surface area (Å²) in [6.45, 7) is 0. The molecule has 23 heavy (non-hydrogen) atoms. The highest BCUT2D eigenvalue weighted by molar-refractivity contribution is 7.99. The lowest BCUT2D eigenvalue weighted by molar-refractivity contribution is 0.102. The van der Waals surface area contributed by atoms with E-state index in [1.165, 1.54) is 55.0 Å². The van der Waals surface area contributed by atoms with Gasteiger partial charge in [-0.25, -0.2) is 4.98 Å². The number of thioether (sulfide) groups is 1. The van der Waals surface area contributed by atoms with E-state index in [0.29, 0.717) is 16.8 Å². The lowest BCUT2D eigenvalue weighted by Gasteiger charge is -2.03. The summed E-state index contributed by atoms with van der Waals surface area (Å²) in [6.07, 6.45) is 8.44. The van der Waals surface area contributed by atoms with Gasteiger partial charge in [-0.1, -0.05) is 36.7 Å². The van der Waals surface area contributed by atoms with Crippen LogP contribution in [0.2, 0.25) is 0 Å². The van der Waals surface area contributed by atoms with Gasteiger partial charge in [0, 0.05) is 11.5 Å². The normalized spacial score (nSPS) is 17.6. The van der Waals surface area contributed by atoms with Crippen molar-refractivity contribution in [3.8, 4) is 0 Å². The van der Waals surface area contributed by atoms with Crippen molar-refractivity contribution < 1.29 is 4.79 Å². The van der Waals surface area contributed by atoms with E-state index < -0.39 is 0 Å². The molecule has 4 nitrogen and oxygen atoms in total. The molecule has 0 bridgehead atoms. The Hall–Kier alpha value is -1.62. The van der Waals surface area contributed by atoms with Crippen molar-refractivity contribution in [2.45, 2.75) is 56.0 Å². The Morgan fingerprint density at radius 1 is 1.17 bits per heavy atom. The lowest BCUT2D eigenvalue weighted by atomic mass is 10.0. The van der Waals surface area contributed by atoms with Gasteiger partial charge in [0.25, 0.3) is 0 Å². The zero-order valence-corrected chi connectivity index (χ0v) is 14.0. The first-order valence-corrected chi connectivity index (χ1v) is 9.48. The van der Waals surface area contributed by atoms with Crippen LogP contribution >= 0.6 is 11.8 Å². The van der Waals surface area contributed by atoms with Gasteiger partial charge in [-0.15, -0.1) is 5.10 Å². The van der Waals surface area contributed by atoms with E-state index in [4.69, 9.17) is 0 Å². The van der Waals surface area contributed by atoms with Gasteiger partial charge in [-0.2, -0.15) is 0 Å². The second kappa shape index (κ2) is 6.48. The summed E-state index contributed by atoms with van der Waals surface area (Å²) in [5.41, 5.74) is 3.58. The van der Waals surface area contributed by atoms with Gasteiger partial charge in [-0.3, -0.25) is 9.89 Å². The third-order valence-electron chi connectivity index (χ3n) is 4.98. The smallest absolute Gasteiger partial charge is 0.208 e. The maximum Gasteiger partial charge on any atom is 0.208 e. The number of hydrogen-bond acceptors (Lipinski definition) is 4. The van der Waals surface area contributed by atoms with Crippen molar-refractivity contribution >= 4 is 17.5 Å². The topological polar surface area (TPSA) is 58.6 Å². The molecule has 5 heteroatoms. The van der Waals surface area contributed by atoms with Crippen molar-refractivity contribution in [1.82, 2.24) is 15.2 Å². The molecule has 0 amide bonds. The highest BCUT2D eigenvalue weighted by atomic mass is 32.2. The Balaban J connectivity index is 1.38.